The van der Waals surface area contributed by atoms with Crippen LogP contribution in [0.5, 0.6) is 0 Å². The molecule has 7 heteroatoms. The molecule has 0 aromatic carbocycles. The van der Waals surface area contributed by atoms with Crippen molar-refractivity contribution in [1.82, 2.24) is 4.98 Å². The number of hydrogen-bond acceptors (Lipinski definition) is 1. The lowest BCUT2D eigenvalue weighted by Crippen LogP contribution is -2.12. The molecule has 0 saturated heterocycles. The molecule has 0 spiro atoms. The molecule has 1 rings (SSSR count). The summed E-state index contributed by atoms with van der Waals surface area (Å²) in [6, 6.07) is 0.323. The van der Waals surface area contributed by atoms with Crippen molar-refractivity contribution >= 4 is 0 Å². The Labute approximate surface area is 80.7 Å². The van der Waals surface area contributed by atoms with Crippen LogP contribution in [0.15, 0.2) is 6.07 Å². The van der Waals surface area contributed by atoms with E-state index in [1.165, 1.54) is 0 Å². The van der Waals surface area contributed by atoms with E-state index in [1.807, 2.05) is 0 Å². The van der Waals surface area contributed by atoms with Gasteiger partial charge in [0.1, 0.15) is 11.3 Å². The fraction of sp³-hybridized carbons (Fsp3) is 0.375. The maximum Gasteiger partial charge on any atom is 0.420 e. The van der Waals surface area contributed by atoms with Crippen LogP contribution < -0.4 is 0 Å². The Morgan fingerprint density at radius 2 is 1.80 bits per heavy atom. The normalized spacial score (nSPS) is 12.3. The maximum atomic E-state index is 12.7. The van der Waals surface area contributed by atoms with Crippen molar-refractivity contribution in [3.8, 4) is 0 Å². The second kappa shape index (κ2) is 3.71. The lowest BCUT2D eigenvalue weighted by molar-refractivity contribution is -0.140. The van der Waals surface area contributed by atoms with Crippen molar-refractivity contribution < 1.29 is 26.3 Å². The Kier molecular flexibility index (Phi) is 2.92. The van der Waals surface area contributed by atoms with E-state index in [0.29, 0.717) is 6.07 Å². The molecule has 84 valence electrons. The molecule has 1 aromatic heterocycles. The molecule has 0 amide bonds. The van der Waals surface area contributed by atoms with Gasteiger partial charge in [-0.1, -0.05) is 0 Å². The predicted molar refractivity (Wildman–Crippen MR) is 38.9 cm³/mol. The molecule has 0 unspecified atom stereocenters. The van der Waals surface area contributed by atoms with Gasteiger partial charge in [0.25, 0.3) is 6.43 Å². The standard InChI is InChI=1S/C8H5F6N/c1-3-2-4(8(12,13)14)7(11)15-5(3)6(9)10/h2,6H,1H3. The third kappa shape index (κ3) is 2.40. The van der Waals surface area contributed by atoms with E-state index in [2.05, 4.69) is 4.98 Å². The van der Waals surface area contributed by atoms with Crippen LogP contribution in [0.4, 0.5) is 26.3 Å². The van der Waals surface area contributed by atoms with Crippen molar-refractivity contribution in [2.24, 2.45) is 0 Å². The third-order valence-electron chi connectivity index (χ3n) is 1.72. The van der Waals surface area contributed by atoms with Crippen LogP contribution in [0.25, 0.3) is 0 Å². The SMILES string of the molecule is Cc1cc(C(F)(F)F)c(F)nc1C(F)F. The van der Waals surface area contributed by atoms with Gasteiger partial charge in [-0.3, -0.25) is 0 Å². The second-order valence-electron chi connectivity index (χ2n) is 2.83. The molecule has 0 atom stereocenters. The molecule has 0 aliphatic heterocycles. The Morgan fingerprint density at radius 3 is 2.20 bits per heavy atom. The molecule has 15 heavy (non-hydrogen) atoms. The highest BCUT2D eigenvalue weighted by atomic mass is 19.4. The first kappa shape index (κ1) is 11.8. The summed E-state index contributed by atoms with van der Waals surface area (Å²) in [6.45, 7) is 1.02. The number of nitrogens with zero attached hydrogens (tertiary/aromatic N) is 1. The number of rotatable bonds is 1. The van der Waals surface area contributed by atoms with Crippen LogP contribution in [0.1, 0.15) is 23.2 Å². The molecule has 0 radical (unpaired) electrons. The first-order valence-electron chi connectivity index (χ1n) is 3.76. The summed E-state index contributed by atoms with van der Waals surface area (Å²) in [5.74, 6) is -1.93. The fourth-order valence-electron chi connectivity index (χ4n) is 1.02. The van der Waals surface area contributed by atoms with Gasteiger partial charge < -0.3 is 0 Å². The minimum absolute atomic E-state index is 0.323. The average Bonchev–Trinajstić information content (AvgIpc) is 2.06. The summed E-state index contributed by atoms with van der Waals surface area (Å²) in [5.41, 5.74) is -3.00. The van der Waals surface area contributed by atoms with E-state index in [9.17, 15) is 26.3 Å². The zero-order chi connectivity index (χ0) is 11.8. The van der Waals surface area contributed by atoms with Crippen LogP contribution in [0.3, 0.4) is 0 Å². The smallest absolute Gasteiger partial charge is 0.218 e. The summed E-state index contributed by atoms with van der Waals surface area (Å²) in [5, 5.41) is 0. The monoisotopic (exact) mass is 229 g/mol. The number of hydrogen-bond donors (Lipinski definition) is 0. The van der Waals surface area contributed by atoms with Gasteiger partial charge in [0.15, 0.2) is 0 Å². The number of halogens is 6. The van der Waals surface area contributed by atoms with Gasteiger partial charge in [0.2, 0.25) is 5.95 Å². The summed E-state index contributed by atoms with van der Waals surface area (Å²) >= 11 is 0. The van der Waals surface area contributed by atoms with Crippen LogP contribution in [0.2, 0.25) is 0 Å². The molecule has 0 bridgehead atoms. The lowest BCUT2D eigenvalue weighted by Gasteiger charge is -2.10. The van der Waals surface area contributed by atoms with Crippen molar-refractivity contribution in [3.63, 3.8) is 0 Å². The van der Waals surface area contributed by atoms with Gasteiger partial charge in [-0.25, -0.2) is 13.8 Å². The summed E-state index contributed by atoms with van der Waals surface area (Å²) in [4.78, 5) is 2.60. The van der Waals surface area contributed by atoms with E-state index >= 15 is 0 Å². The topological polar surface area (TPSA) is 12.9 Å². The van der Waals surface area contributed by atoms with E-state index in [0.717, 1.165) is 6.92 Å². The minimum Gasteiger partial charge on any atom is -0.218 e. The van der Waals surface area contributed by atoms with Gasteiger partial charge >= 0.3 is 6.18 Å². The summed E-state index contributed by atoms with van der Waals surface area (Å²) in [7, 11) is 0. The largest absolute Gasteiger partial charge is 0.420 e. The number of aromatic nitrogens is 1. The molecule has 1 aromatic rings. The van der Waals surface area contributed by atoms with Gasteiger partial charge in [0.05, 0.1) is 0 Å². The first-order chi connectivity index (χ1) is 6.73. The van der Waals surface area contributed by atoms with Crippen molar-refractivity contribution in [1.29, 1.82) is 0 Å². The Morgan fingerprint density at radius 1 is 1.27 bits per heavy atom. The van der Waals surface area contributed by atoms with Crippen LogP contribution in [-0.2, 0) is 6.18 Å². The van der Waals surface area contributed by atoms with Gasteiger partial charge in [-0.15, -0.1) is 0 Å². The molecule has 0 fully saturated rings. The Hall–Kier alpha value is -1.27. The molecular weight excluding hydrogens is 224 g/mol. The molecule has 0 N–H and O–H groups in total. The zero-order valence-electron chi connectivity index (χ0n) is 7.37. The van der Waals surface area contributed by atoms with Crippen molar-refractivity contribution in [3.05, 3.63) is 28.8 Å². The van der Waals surface area contributed by atoms with E-state index in [1.54, 1.807) is 0 Å². The van der Waals surface area contributed by atoms with Gasteiger partial charge in [0, 0.05) is 0 Å². The van der Waals surface area contributed by atoms with Crippen LogP contribution >= 0.6 is 0 Å². The zero-order valence-corrected chi connectivity index (χ0v) is 7.37. The fourth-order valence-corrected chi connectivity index (χ4v) is 1.02. The Bertz CT molecular complexity index is 370. The minimum atomic E-state index is -4.93. The number of aryl methyl sites for hydroxylation is 1. The predicted octanol–water partition coefficient (Wildman–Crippen LogP) is 3.49. The molecule has 0 saturated carbocycles. The van der Waals surface area contributed by atoms with Crippen LogP contribution in [0, 0.1) is 12.9 Å². The summed E-state index contributed by atoms with van der Waals surface area (Å²) < 4.78 is 73.3. The Balaban J connectivity index is 3.32. The van der Waals surface area contributed by atoms with Crippen LogP contribution in [-0.4, -0.2) is 4.98 Å². The number of pyridine rings is 1. The lowest BCUT2D eigenvalue weighted by atomic mass is 10.1. The van der Waals surface area contributed by atoms with E-state index < -0.39 is 35.4 Å². The highest BCUT2D eigenvalue weighted by molar-refractivity contribution is 5.27. The van der Waals surface area contributed by atoms with Gasteiger partial charge in [-0.05, 0) is 18.6 Å². The highest BCUT2D eigenvalue weighted by Gasteiger charge is 2.36. The third-order valence-corrected chi connectivity index (χ3v) is 1.72. The van der Waals surface area contributed by atoms with E-state index in [4.69, 9.17) is 0 Å². The maximum absolute atomic E-state index is 12.7. The molecular formula is C8H5F6N. The molecule has 0 aliphatic carbocycles. The first-order valence-corrected chi connectivity index (χ1v) is 3.76. The molecule has 1 heterocycles. The number of alkyl halides is 5. The summed E-state index contributed by atoms with van der Waals surface area (Å²) in [6.07, 6.45) is -8.02. The quantitative estimate of drug-likeness (QED) is 0.530. The molecule has 1 nitrogen and oxygen atoms in total. The van der Waals surface area contributed by atoms with Crippen molar-refractivity contribution in [2.45, 2.75) is 19.5 Å². The highest BCUT2D eigenvalue weighted by Crippen LogP contribution is 2.33. The van der Waals surface area contributed by atoms with Crippen molar-refractivity contribution in [2.75, 3.05) is 0 Å². The molecule has 0 aliphatic rings. The second-order valence-corrected chi connectivity index (χ2v) is 2.83. The average molecular weight is 229 g/mol. The van der Waals surface area contributed by atoms with Gasteiger partial charge in [-0.2, -0.15) is 17.6 Å². The van der Waals surface area contributed by atoms with E-state index in [-0.39, 0.29) is 0 Å².